The number of hydrogen-bond donors (Lipinski definition) is 1. The number of hydrogen-bond acceptors (Lipinski definition) is 3. The van der Waals surface area contributed by atoms with Crippen LogP contribution in [0.3, 0.4) is 0 Å². The third kappa shape index (κ3) is 2.08. The van der Waals surface area contributed by atoms with E-state index in [-0.39, 0.29) is 5.91 Å². The lowest BCUT2D eigenvalue weighted by Gasteiger charge is -2.02. The number of nitrogens with one attached hydrogen (secondary N) is 1. The summed E-state index contributed by atoms with van der Waals surface area (Å²) in [4.78, 5) is 10.9. The fourth-order valence-electron chi connectivity index (χ4n) is 1.44. The molecule has 0 bridgehead atoms. The van der Waals surface area contributed by atoms with Crippen LogP contribution in [0, 0.1) is 0 Å². The summed E-state index contributed by atoms with van der Waals surface area (Å²) in [6, 6.07) is 7.71. The highest BCUT2D eigenvalue weighted by Gasteiger charge is 2.02. The monoisotopic (exact) mass is 216 g/mol. The Hall–Kier alpha value is -2.17. The molecule has 0 unspecified atom stereocenters. The molecular weight excluding hydrogens is 204 g/mol. The minimum Gasteiger partial charge on any atom is -0.351 e. The molecule has 82 valence electrons. The van der Waals surface area contributed by atoms with Crippen molar-refractivity contribution in [1.82, 2.24) is 20.3 Å². The zero-order valence-electron chi connectivity index (χ0n) is 8.76. The Labute approximate surface area is 92.8 Å². The Morgan fingerprint density at radius 2 is 2.31 bits per heavy atom. The topological polar surface area (TPSA) is 59.8 Å². The van der Waals surface area contributed by atoms with Gasteiger partial charge < -0.3 is 5.32 Å². The maximum absolute atomic E-state index is 10.9. The van der Waals surface area contributed by atoms with Gasteiger partial charge in [-0.2, -0.15) is 0 Å². The van der Waals surface area contributed by atoms with E-state index in [1.54, 1.807) is 4.68 Å². The van der Waals surface area contributed by atoms with Gasteiger partial charge >= 0.3 is 0 Å². The van der Waals surface area contributed by atoms with Crippen molar-refractivity contribution in [3.8, 4) is 0 Å². The van der Waals surface area contributed by atoms with Gasteiger partial charge in [-0.1, -0.05) is 23.9 Å². The summed E-state index contributed by atoms with van der Waals surface area (Å²) in [5.74, 6) is -0.176. The number of nitrogens with zero attached hydrogens (tertiary/aromatic N) is 3. The average Bonchev–Trinajstić information content (AvgIpc) is 2.73. The summed E-state index contributed by atoms with van der Waals surface area (Å²) in [5, 5.41) is 10.7. The molecule has 5 heteroatoms. The number of carbonyl (C=O) groups excluding carboxylic acids is 1. The zero-order valence-corrected chi connectivity index (χ0v) is 8.76. The van der Waals surface area contributed by atoms with Crippen LogP contribution in [0.25, 0.3) is 11.0 Å². The van der Waals surface area contributed by atoms with Gasteiger partial charge in [0.05, 0.1) is 12.1 Å². The molecule has 0 aliphatic heterocycles. The number of aromatic nitrogens is 3. The van der Waals surface area contributed by atoms with E-state index in [1.807, 2.05) is 24.3 Å². The van der Waals surface area contributed by atoms with E-state index in [4.69, 9.17) is 0 Å². The summed E-state index contributed by atoms with van der Waals surface area (Å²) in [6.45, 7) is 4.49. The normalized spacial score (nSPS) is 10.2. The SMILES string of the molecule is C=CC(=O)NCCn1nnc2ccccc21. The molecule has 1 aromatic heterocycles. The van der Waals surface area contributed by atoms with Gasteiger partial charge in [-0.05, 0) is 18.2 Å². The quantitative estimate of drug-likeness (QED) is 0.766. The number of carbonyl (C=O) groups is 1. The number of fused-ring (bicyclic) bond motifs is 1. The molecule has 0 fully saturated rings. The van der Waals surface area contributed by atoms with Crippen LogP contribution < -0.4 is 5.32 Å². The fourth-order valence-corrected chi connectivity index (χ4v) is 1.44. The van der Waals surface area contributed by atoms with E-state index < -0.39 is 0 Å². The van der Waals surface area contributed by atoms with Crippen LogP contribution in [0.2, 0.25) is 0 Å². The van der Waals surface area contributed by atoms with Crippen LogP contribution in [0.1, 0.15) is 0 Å². The van der Waals surface area contributed by atoms with E-state index >= 15 is 0 Å². The van der Waals surface area contributed by atoms with Crippen molar-refractivity contribution in [2.24, 2.45) is 0 Å². The van der Waals surface area contributed by atoms with Crippen LogP contribution in [0.5, 0.6) is 0 Å². The van der Waals surface area contributed by atoms with Gasteiger partial charge in [-0.15, -0.1) is 5.10 Å². The first-order valence-corrected chi connectivity index (χ1v) is 5.00. The van der Waals surface area contributed by atoms with Gasteiger partial charge in [-0.3, -0.25) is 4.79 Å². The summed E-state index contributed by atoms with van der Waals surface area (Å²) >= 11 is 0. The molecule has 1 aromatic carbocycles. The van der Waals surface area contributed by atoms with Crippen molar-refractivity contribution in [3.63, 3.8) is 0 Å². The van der Waals surface area contributed by atoms with Crippen molar-refractivity contribution in [1.29, 1.82) is 0 Å². The molecular formula is C11H12N4O. The van der Waals surface area contributed by atoms with Crippen molar-refractivity contribution in [2.75, 3.05) is 6.54 Å². The summed E-state index contributed by atoms with van der Waals surface area (Å²) in [7, 11) is 0. The molecule has 0 radical (unpaired) electrons. The lowest BCUT2D eigenvalue weighted by Crippen LogP contribution is -2.25. The molecule has 2 rings (SSSR count). The number of amides is 1. The molecule has 0 aliphatic carbocycles. The second-order valence-corrected chi connectivity index (χ2v) is 3.30. The third-order valence-electron chi connectivity index (χ3n) is 2.23. The Bertz CT molecular complexity index is 517. The molecule has 1 heterocycles. The minimum absolute atomic E-state index is 0.176. The smallest absolute Gasteiger partial charge is 0.243 e. The van der Waals surface area contributed by atoms with Crippen molar-refractivity contribution in [3.05, 3.63) is 36.9 Å². The van der Waals surface area contributed by atoms with Crippen molar-refractivity contribution >= 4 is 16.9 Å². The molecule has 0 spiro atoms. The first-order valence-electron chi connectivity index (χ1n) is 5.00. The highest BCUT2D eigenvalue weighted by Crippen LogP contribution is 2.08. The molecule has 2 aromatic rings. The number of benzene rings is 1. The van der Waals surface area contributed by atoms with Crippen LogP contribution >= 0.6 is 0 Å². The van der Waals surface area contributed by atoms with E-state index in [1.165, 1.54) is 6.08 Å². The third-order valence-corrected chi connectivity index (χ3v) is 2.23. The van der Waals surface area contributed by atoms with E-state index in [0.29, 0.717) is 13.1 Å². The molecule has 1 amide bonds. The van der Waals surface area contributed by atoms with Crippen LogP contribution in [-0.4, -0.2) is 27.4 Å². The maximum Gasteiger partial charge on any atom is 0.243 e. The van der Waals surface area contributed by atoms with Crippen molar-refractivity contribution in [2.45, 2.75) is 6.54 Å². The van der Waals surface area contributed by atoms with E-state index in [2.05, 4.69) is 22.2 Å². The molecule has 16 heavy (non-hydrogen) atoms. The summed E-state index contributed by atoms with van der Waals surface area (Å²) in [5.41, 5.74) is 1.83. The molecule has 0 saturated carbocycles. The lowest BCUT2D eigenvalue weighted by molar-refractivity contribution is -0.116. The first-order chi connectivity index (χ1) is 7.81. The molecule has 5 nitrogen and oxygen atoms in total. The van der Waals surface area contributed by atoms with Crippen LogP contribution in [-0.2, 0) is 11.3 Å². The Morgan fingerprint density at radius 1 is 1.50 bits per heavy atom. The van der Waals surface area contributed by atoms with Crippen LogP contribution in [0.15, 0.2) is 36.9 Å². The lowest BCUT2D eigenvalue weighted by atomic mass is 10.3. The molecule has 0 aliphatic rings. The van der Waals surface area contributed by atoms with Crippen LogP contribution in [0.4, 0.5) is 0 Å². The van der Waals surface area contributed by atoms with Gasteiger partial charge in [0, 0.05) is 6.54 Å². The van der Waals surface area contributed by atoms with Gasteiger partial charge in [0.2, 0.25) is 5.91 Å². The van der Waals surface area contributed by atoms with E-state index in [0.717, 1.165) is 11.0 Å². The Kier molecular flexibility index (Phi) is 2.95. The Morgan fingerprint density at radius 3 is 3.12 bits per heavy atom. The van der Waals surface area contributed by atoms with Gasteiger partial charge in [0.25, 0.3) is 0 Å². The highest BCUT2D eigenvalue weighted by molar-refractivity contribution is 5.86. The number of para-hydroxylation sites is 1. The molecule has 0 saturated heterocycles. The molecule has 0 atom stereocenters. The van der Waals surface area contributed by atoms with E-state index in [9.17, 15) is 4.79 Å². The van der Waals surface area contributed by atoms with Gasteiger partial charge in [0.15, 0.2) is 0 Å². The van der Waals surface area contributed by atoms with Crippen molar-refractivity contribution < 1.29 is 4.79 Å². The predicted molar refractivity (Wildman–Crippen MR) is 60.7 cm³/mol. The second-order valence-electron chi connectivity index (χ2n) is 3.30. The minimum atomic E-state index is -0.176. The second kappa shape index (κ2) is 4.57. The zero-order chi connectivity index (χ0) is 11.4. The predicted octanol–water partition coefficient (Wildman–Crippen LogP) is 0.733. The standard InChI is InChI=1S/C11H12N4O/c1-2-11(16)12-7-8-15-10-6-4-3-5-9(10)13-14-15/h2-6H,1,7-8H2,(H,12,16). The fraction of sp³-hybridized carbons (Fsp3) is 0.182. The summed E-state index contributed by atoms with van der Waals surface area (Å²) < 4.78 is 1.76. The van der Waals surface area contributed by atoms with Gasteiger partial charge in [-0.25, -0.2) is 4.68 Å². The largest absolute Gasteiger partial charge is 0.351 e. The van der Waals surface area contributed by atoms with Gasteiger partial charge in [0.1, 0.15) is 5.52 Å². The highest BCUT2D eigenvalue weighted by atomic mass is 16.1. The average molecular weight is 216 g/mol. The Balaban J connectivity index is 2.04. The number of rotatable bonds is 4. The molecule has 1 N–H and O–H groups in total. The summed E-state index contributed by atoms with van der Waals surface area (Å²) in [6.07, 6.45) is 1.25. The maximum atomic E-state index is 10.9. The first kappa shape index (κ1) is 10.4.